The molecule has 0 amide bonds. The van der Waals surface area contributed by atoms with Crippen LogP contribution < -0.4 is 0 Å². The SMILES string of the molecule is Cc1nnc(-c2ccc(O)c(C)c2C)nn1. The number of aryl methyl sites for hydroxylation is 1. The third-order valence-corrected chi connectivity index (χ3v) is 2.58. The number of aromatic hydroxyl groups is 1. The predicted molar refractivity (Wildman–Crippen MR) is 58.9 cm³/mol. The van der Waals surface area contributed by atoms with E-state index in [4.69, 9.17) is 0 Å². The number of hydrogen-bond donors (Lipinski definition) is 1. The molecule has 1 heterocycles. The van der Waals surface area contributed by atoms with E-state index in [9.17, 15) is 5.11 Å². The van der Waals surface area contributed by atoms with Crippen LogP contribution in [0.5, 0.6) is 5.75 Å². The molecule has 1 aromatic carbocycles. The molecule has 5 heteroatoms. The van der Waals surface area contributed by atoms with Gasteiger partial charge in [0, 0.05) is 5.56 Å². The summed E-state index contributed by atoms with van der Waals surface area (Å²) in [6.07, 6.45) is 0. The van der Waals surface area contributed by atoms with Gasteiger partial charge in [-0.15, -0.1) is 20.4 Å². The number of rotatable bonds is 1. The topological polar surface area (TPSA) is 71.8 Å². The first-order chi connectivity index (χ1) is 7.59. The highest BCUT2D eigenvalue weighted by molar-refractivity contribution is 5.63. The van der Waals surface area contributed by atoms with Gasteiger partial charge in [0.05, 0.1) is 0 Å². The highest BCUT2D eigenvalue weighted by atomic mass is 16.3. The quantitative estimate of drug-likeness (QED) is 0.783. The van der Waals surface area contributed by atoms with Gasteiger partial charge >= 0.3 is 0 Å². The zero-order valence-corrected chi connectivity index (χ0v) is 9.39. The van der Waals surface area contributed by atoms with Gasteiger partial charge in [-0.05, 0) is 44.0 Å². The second-order valence-corrected chi connectivity index (χ2v) is 3.65. The zero-order valence-electron chi connectivity index (χ0n) is 9.39. The van der Waals surface area contributed by atoms with Crippen LogP contribution in [0.15, 0.2) is 12.1 Å². The average molecular weight is 216 g/mol. The smallest absolute Gasteiger partial charge is 0.203 e. The van der Waals surface area contributed by atoms with Crippen molar-refractivity contribution in [3.63, 3.8) is 0 Å². The van der Waals surface area contributed by atoms with Crippen LogP contribution in [0.4, 0.5) is 0 Å². The van der Waals surface area contributed by atoms with Gasteiger partial charge in [0.25, 0.3) is 0 Å². The van der Waals surface area contributed by atoms with E-state index in [2.05, 4.69) is 20.4 Å². The summed E-state index contributed by atoms with van der Waals surface area (Å²) >= 11 is 0. The summed E-state index contributed by atoms with van der Waals surface area (Å²) in [4.78, 5) is 0. The number of aromatic nitrogens is 4. The van der Waals surface area contributed by atoms with E-state index >= 15 is 0 Å². The van der Waals surface area contributed by atoms with Gasteiger partial charge in [0.15, 0.2) is 5.82 Å². The predicted octanol–water partition coefficient (Wildman–Crippen LogP) is 1.56. The van der Waals surface area contributed by atoms with E-state index in [0.717, 1.165) is 16.7 Å². The Morgan fingerprint density at radius 2 is 1.50 bits per heavy atom. The largest absolute Gasteiger partial charge is 0.508 e. The first kappa shape index (κ1) is 10.5. The summed E-state index contributed by atoms with van der Waals surface area (Å²) in [5, 5.41) is 25.2. The fourth-order valence-electron chi connectivity index (χ4n) is 1.44. The molecule has 0 radical (unpaired) electrons. The highest BCUT2D eigenvalue weighted by Crippen LogP contribution is 2.27. The second kappa shape index (κ2) is 3.84. The minimum Gasteiger partial charge on any atom is -0.508 e. The number of nitrogens with zero attached hydrogens (tertiary/aromatic N) is 4. The van der Waals surface area contributed by atoms with E-state index in [1.165, 1.54) is 0 Å². The Balaban J connectivity index is 2.57. The number of phenols is 1. The standard InChI is InChI=1S/C11H12N4O/c1-6-7(2)10(16)5-4-9(6)11-14-12-8(3)13-15-11/h4-5,16H,1-3H3. The molecule has 1 N–H and O–H groups in total. The molecule has 0 saturated carbocycles. The van der Waals surface area contributed by atoms with Gasteiger partial charge in [-0.3, -0.25) is 0 Å². The lowest BCUT2D eigenvalue weighted by Crippen LogP contribution is -2.00. The Morgan fingerprint density at radius 3 is 2.12 bits per heavy atom. The van der Waals surface area contributed by atoms with Crippen molar-refractivity contribution in [1.82, 2.24) is 20.4 Å². The molecule has 0 aliphatic rings. The maximum absolute atomic E-state index is 9.54. The molecule has 0 unspecified atom stereocenters. The highest BCUT2D eigenvalue weighted by Gasteiger charge is 2.10. The van der Waals surface area contributed by atoms with E-state index in [1.807, 2.05) is 13.8 Å². The summed E-state index contributed by atoms with van der Waals surface area (Å²) in [5.74, 6) is 1.29. The van der Waals surface area contributed by atoms with Crippen LogP contribution in [-0.4, -0.2) is 25.5 Å². The summed E-state index contributed by atoms with van der Waals surface area (Å²) in [6.45, 7) is 5.50. The molecule has 0 aliphatic carbocycles. The van der Waals surface area contributed by atoms with Crippen molar-refractivity contribution in [2.75, 3.05) is 0 Å². The molecule has 5 nitrogen and oxygen atoms in total. The summed E-state index contributed by atoms with van der Waals surface area (Å²) in [5.41, 5.74) is 2.60. The Morgan fingerprint density at radius 1 is 0.875 bits per heavy atom. The van der Waals surface area contributed by atoms with Crippen LogP contribution in [0.2, 0.25) is 0 Å². The Kier molecular flexibility index (Phi) is 2.52. The number of hydrogen-bond acceptors (Lipinski definition) is 5. The molecule has 16 heavy (non-hydrogen) atoms. The minimum atomic E-state index is 0.272. The van der Waals surface area contributed by atoms with Gasteiger partial charge < -0.3 is 5.11 Å². The van der Waals surface area contributed by atoms with Crippen molar-refractivity contribution in [2.24, 2.45) is 0 Å². The Bertz CT molecular complexity index is 522. The van der Waals surface area contributed by atoms with Crippen LogP contribution in [-0.2, 0) is 0 Å². The molecule has 0 fully saturated rings. The van der Waals surface area contributed by atoms with Crippen molar-refractivity contribution < 1.29 is 5.11 Å². The van der Waals surface area contributed by atoms with Crippen LogP contribution in [0, 0.1) is 20.8 Å². The van der Waals surface area contributed by atoms with E-state index in [-0.39, 0.29) is 5.75 Å². The summed E-state index contributed by atoms with van der Waals surface area (Å²) in [6, 6.07) is 3.40. The molecular formula is C11H12N4O. The average Bonchev–Trinajstić information content (AvgIpc) is 2.28. The van der Waals surface area contributed by atoms with Crippen LogP contribution in [0.1, 0.15) is 17.0 Å². The van der Waals surface area contributed by atoms with Gasteiger partial charge in [-0.25, -0.2) is 0 Å². The van der Waals surface area contributed by atoms with Crippen LogP contribution in [0.25, 0.3) is 11.4 Å². The third-order valence-electron chi connectivity index (χ3n) is 2.58. The molecular weight excluding hydrogens is 204 g/mol. The van der Waals surface area contributed by atoms with Crippen molar-refractivity contribution in [1.29, 1.82) is 0 Å². The monoisotopic (exact) mass is 216 g/mol. The summed E-state index contributed by atoms with van der Waals surface area (Å²) in [7, 11) is 0. The molecule has 82 valence electrons. The van der Waals surface area contributed by atoms with Gasteiger partial charge in [0.1, 0.15) is 5.75 Å². The molecule has 0 spiro atoms. The number of benzene rings is 1. The van der Waals surface area contributed by atoms with E-state index < -0.39 is 0 Å². The molecule has 0 atom stereocenters. The molecule has 0 saturated heterocycles. The van der Waals surface area contributed by atoms with E-state index in [0.29, 0.717) is 11.6 Å². The Labute approximate surface area is 93.2 Å². The molecule has 2 rings (SSSR count). The molecule has 0 bridgehead atoms. The molecule has 0 aliphatic heterocycles. The van der Waals surface area contributed by atoms with E-state index in [1.54, 1.807) is 19.1 Å². The second-order valence-electron chi connectivity index (χ2n) is 3.65. The first-order valence-corrected chi connectivity index (χ1v) is 4.93. The lowest BCUT2D eigenvalue weighted by molar-refractivity contribution is 0.470. The lowest BCUT2D eigenvalue weighted by Gasteiger charge is -2.07. The lowest BCUT2D eigenvalue weighted by atomic mass is 10.0. The maximum Gasteiger partial charge on any atom is 0.203 e. The molecule has 1 aromatic heterocycles. The van der Waals surface area contributed by atoms with Gasteiger partial charge in [-0.1, -0.05) is 0 Å². The first-order valence-electron chi connectivity index (χ1n) is 4.93. The zero-order chi connectivity index (χ0) is 11.7. The fraction of sp³-hybridized carbons (Fsp3) is 0.273. The molecule has 2 aromatic rings. The Hall–Kier alpha value is -2.04. The van der Waals surface area contributed by atoms with Crippen molar-refractivity contribution >= 4 is 0 Å². The fourth-order valence-corrected chi connectivity index (χ4v) is 1.44. The van der Waals surface area contributed by atoms with Gasteiger partial charge in [0.2, 0.25) is 5.82 Å². The van der Waals surface area contributed by atoms with Crippen LogP contribution in [0.3, 0.4) is 0 Å². The maximum atomic E-state index is 9.54. The van der Waals surface area contributed by atoms with Crippen molar-refractivity contribution in [2.45, 2.75) is 20.8 Å². The summed E-state index contributed by atoms with van der Waals surface area (Å²) < 4.78 is 0. The van der Waals surface area contributed by atoms with Crippen molar-refractivity contribution in [3.05, 3.63) is 29.1 Å². The number of phenolic OH excluding ortho intramolecular Hbond substituents is 1. The minimum absolute atomic E-state index is 0.272. The van der Waals surface area contributed by atoms with Gasteiger partial charge in [-0.2, -0.15) is 0 Å². The van der Waals surface area contributed by atoms with Crippen molar-refractivity contribution in [3.8, 4) is 17.1 Å². The van der Waals surface area contributed by atoms with Crippen LogP contribution >= 0.6 is 0 Å². The third kappa shape index (κ3) is 1.71. The normalized spacial score (nSPS) is 10.4.